The van der Waals surface area contributed by atoms with Crippen LogP contribution in [0, 0.1) is 12.8 Å². The highest BCUT2D eigenvalue weighted by Gasteiger charge is 2.43. The Hall–Kier alpha value is -1.55. The Morgan fingerprint density at radius 2 is 2.37 bits per heavy atom. The van der Waals surface area contributed by atoms with E-state index in [-0.39, 0.29) is 0 Å². The van der Waals surface area contributed by atoms with Gasteiger partial charge in [-0.3, -0.25) is 0 Å². The van der Waals surface area contributed by atoms with Crippen LogP contribution < -0.4 is 11.1 Å². The quantitative estimate of drug-likeness (QED) is 0.633. The van der Waals surface area contributed by atoms with Crippen molar-refractivity contribution in [2.75, 3.05) is 11.9 Å². The van der Waals surface area contributed by atoms with E-state index in [0.717, 1.165) is 25.1 Å². The molecule has 1 aromatic carbocycles. The van der Waals surface area contributed by atoms with Crippen LogP contribution >= 0.6 is 0 Å². The minimum Gasteiger partial charge on any atom is -0.378 e. The molecule has 0 aromatic heterocycles. The van der Waals surface area contributed by atoms with Gasteiger partial charge in [0.05, 0.1) is 12.1 Å². The number of anilines is 1. The molecule has 3 unspecified atom stereocenters. The summed E-state index contributed by atoms with van der Waals surface area (Å²) in [5.74, 6) is 1.09. The van der Waals surface area contributed by atoms with E-state index in [1.54, 1.807) is 0 Å². The van der Waals surface area contributed by atoms with Crippen molar-refractivity contribution in [3.8, 4) is 0 Å². The first-order valence-corrected chi connectivity index (χ1v) is 7.01. The maximum atomic E-state index is 5.99. The molecule has 1 aliphatic heterocycles. The molecular weight excluding hydrogens is 238 g/mol. The molecular formula is C15H21N3O. The van der Waals surface area contributed by atoms with Crippen LogP contribution in [0.3, 0.4) is 0 Å². The van der Waals surface area contributed by atoms with Gasteiger partial charge in [0, 0.05) is 18.2 Å². The minimum atomic E-state index is 0.336. The predicted molar refractivity (Wildman–Crippen MR) is 77.3 cm³/mol. The van der Waals surface area contributed by atoms with E-state index in [9.17, 15) is 0 Å². The molecule has 19 heavy (non-hydrogen) atoms. The standard InChI is InChI=1S/C15H21N3O/c1-10-4-2-5-11(8-10)17-15(16)18-13-9-14-12(13)6-3-7-19-14/h2,4-5,8,12-14H,3,6-7,9H2,1H3,(H3,16,17,18). The summed E-state index contributed by atoms with van der Waals surface area (Å²) in [6.45, 7) is 2.98. The second-order valence-electron chi connectivity index (χ2n) is 5.53. The van der Waals surface area contributed by atoms with Crippen LogP contribution in [0.2, 0.25) is 0 Å². The molecule has 3 rings (SSSR count). The van der Waals surface area contributed by atoms with Crippen LogP contribution in [0.1, 0.15) is 24.8 Å². The molecule has 2 fully saturated rings. The monoisotopic (exact) mass is 259 g/mol. The number of fused-ring (bicyclic) bond motifs is 1. The first-order chi connectivity index (χ1) is 9.22. The second-order valence-corrected chi connectivity index (χ2v) is 5.53. The molecule has 1 heterocycles. The molecule has 102 valence electrons. The lowest BCUT2D eigenvalue weighted by atomic mass is 9.73. The van der Waals surface area contributed by atoms with Gasteiger partial charge in [0.15, 0.2) is 5.96 Å². The van der Waals surface area contributed by atoms with E-state index in [4.69, 9.17) is 10.5 Å². The Balaban J connectivity index is 1.61. The highest BCUT2D eigenvalue weighted by Crippen LogP contribution is 2.39. The molecule has 0 spiro atoms. The van der Waals surface area contributed by atoms with E-state index in [1.807, 2.05) is 12.1 Å². The molecule has 0 amide bonds. The Kier molecular flexibility index (Phi) is 3.42. The maximum absolute atomic E-state index is 5.99. The molecule has 3 N–H and O–H groups in total. The zero-order valence-electron chi connectivity index (χ0n) is 11.3. The maximum Gasteiger partial charge on any atom is 0.193 e. The van der Waals surface area contributed by atoms with Crippen molar-refractivity contribution in [3.05, 3.63) is 29.8 Å². The third-order valence-electron chi connectivity index (χ3n) is 4.05. The van der Waals surface area contributed by atoms with Crippen LogP contribution in [-0.2, 0) is 4.74 Å². The van der Waals surface area contributed by atoms with Crippen LogP contribution in [0.4, 0.5) is 5.69 Å². The smallest absolute Gasteiger partial charge is 0.193 e. The Morgan fingerprint density at radius 3 is 3.16 bits per heavy atom. The fourth-order valence-corrected chi connectivity index (χ4v) is 2.99. The lowest BCUT2D eigenvalue weighted by molar-refractivity contribution is -0.0937. The summed E-state index contributed by atoms with van der Waals surface area (Å²) < 4.78 is 5.69. The first kappa shape index (κ1) is 12.5. The van der Waals surface area contributed by atoms with E-state index < -0.39 is 0 Å². The predicted octanol–water partition coefficient (Wildman–Crippen LogP) is 2.29. The van der Waals surface area contributed by atoms with Crippen molar-refractivity contribution in [2.24, 2.45) is 16.6 Å². The fourth-order valence-electron chi connectivity index (χ4n) is 2.99. The number of aryl methyl sites for hydroxylation is 1. The van der Waals surface area contributed by atoms with Crippen molar-refractivity contribution in [2.45, 2.75) is 38.3 Å². The molecule has 1 aromatic rings. The van der Waals surface area contributed by atoms with Crippen molar-refractivity contribution < 1.29 is 4.74 Å². The van der Waals surface area contributed by atoms with Gasteiger partial charge >= 0.3 is 0 Å². The van der Waals surface area contributed by atoms with E-state index in [0.29, 0.717) is 24.0 Å². The molecule has 2 aliphatic rings. The molecule has 1 saturated heterocycles. The zero-order valence-corrected chi connectivity index (χ0v) is 11.3. The number of ether oxygens (including phenoxy) is 1. The summed E-state index contributed by atoms with van der Waals surface area (Å²) in [7, 11) is 0. The number of nitrogens with two attached hydrogens (primary N) is 1. The lowest BCUT2D eigenvalue weighted by Gasteiger charge is -2.45. The van der Waals surface area contributed by atoms with Crippen LogP contribution in [0.25, 0.3) is 0 Å². The van der Waals surface area contributed by atoms with Crippen LogP contribution in [-0.4, -0.2) is 24.7 Å². The number of nitrogens with zero attached hydrogens (tertiary/aromatic N) is 1. The Bertz CT molecular complexity index is 486. The summed E-state index contributed by atoms with van der Waals surface area (Å²) in [6.07, 6.45) is 3.81. The molecule has 1 saturated carbocycles. The van der Waals surface area contributed by atoms with Gasteiger partial charge in [-0.1, -0.05) is 12.1 Å². The van der Waals surface area contributed by atoms with Gasteiger partial charge < -0.3 is 15.8 Å². The number of nitrogens with one attached hydrogen (secondary N) is 1. The van der Waals surface area contributed by atoms with Gasteiger partial charge in [-0.05, 0) is 43.9 Å². The van der Waals surface area contributed by atoms with Gasteiger partial charge in [0.2, 0.25) is 0 Å². The van der Waals surface area contributed by atoms with Gasteiger partial charge in [0.1, 0.15) is 0 Å². The summed E-state index contributed by atoms with van der Waals surface area (Å²) >= 11 is 0. The fraction of sp³-hybridized carbons (Fsp3) is 0.533. The largest absolute Gasteiger partial charge is 0.378 e. The topological polar surface area (TPSA) is 59.6 Å². The Labute approximate surface area is 114 Å². The third kappa shape index (κ3) is 2.73. The normalized spacial score (nSPS) is 30.4. The SMILES string of the molecule is Cc1cccc(NC(N)=NC2CC3OCCCC23)c1. The number of hydrogen-bond donors (Lipinski definition) is 2. The zero-order chi connectivity index (χ0) is 13.2. The molecule has 0 bridgehead atoms. The summed E-state index contributed by atoms with van der Waals surface area (Å²) in [5, 5.41) is 3.16. The summed E-state index contributed by atoms with van der Waals surface area (Å²) in [5.41, 5.74) is 8.19. The minimum absolute atomic E-state index is 0.336. The highest BCUT2D eigenvalue weighted by molar-refractivity contribution is 5.92. The van der Waals surface area contributed by atoms with E-state index in [2.05, 4.69) is 29.4 Å². The lowest BCUT2D eigenvalue weighted by Crippen LogP contribution is -2.49. The van der Waals surface area contributed by atoms with E-state index >= 15 is 0 Å². The first-order valence-electron chi connectivity index (χ1n) is 7.01. The Morgan fingerprint density at radius 1 is 1.47 bits per heavy atom. The number of aliphatic imine (C=N–C) groups is 1. The van der Waals surface area contributed by atoms with Gasteiger partial charge in [-0.2, -0.15) is 0 Å². The van der Waals surface area contributed by atoms with Crippen molar-refractivity contribution in [3.63, 3.8) is 0 Å². The summed E-state index contributed by atoms with van der Waals surface area (Å²) in [4.78, 5) is 4.59. The van der Waals surface area contributed by atoms with E-state index in [1.165, 1.54) is 12.0 Å². The van der Waals surface area contributed by atoms with Crippen molar-refractivity contribution in [1.82, 2.24) is 0 Å². The molecule has 4 heteroatoms. The van der Waals surface area contributed by atoms with Crippen LogP contribution in [0.15, 0.2) is 29.3 Å². The average molecular weight is 259 g/mol. The number of guanidine groups is 1. The second kappa shape index (κ2) is 5.21. The average Bonchev–Trinajstić information content (AvgIpc) is 2.36. The number of rotatable bonds is 2. The molecule has 0 radical (unpaired) electrons. The van der Waals surface area contributed by atoms with Gasteiger partial charge in [-0.15, -0.1) is 0 Å². The number of benzene rings is 1. The molecule has 4 nitrogen and oxygen atoms in total. The van der Waals surface area contributed by atoms with Crippen molar-refractivity contribution >= 4 is 11.6 Å². The van der Waals surface area contributed by atoms with Gasteiger partial charge in [0.25, 0.3) is 0 Å². The van der Waals surface area contributed by atoms with Crippen LogP contribution in [0.5, 0.6) is 0 Å². The van der Waals surface area contributed by atoms with Crippen molar-refractivity contribution in [1.29, 1.82) is 0 Å². The molecule has 1 aliphatic carbocycles. The number of hydrogen-bond acceptors (Lipinski definition) is 2. The third-order valence-corrected chi connectivity index (χ3v) is 4.05. The summed E-state index contributed by atoms with van der Waals surface area (Å²) in [6, 6.07) is 8.48. The highest BCUT2D eigenvalue weighted by atomic mass is 16.5. The molecule has 3 atom stereocenters. The van der Waals surface area contributed by atoms with Gasteiger partial charge in [-0.25, -0.2) is 4.99 Å².